The van der Waals surface area contributed by atoms with Gasteiger partial charge in [-0.15, -0.1) is 0 Å². The molecule has 1 aromatic rings. The van der Waals surface area contributed by atoms with E-state index < -0.39 is 0 Å². The number of likely N-dealkylation sites (N-methyl/N-ethyl adjacent to an activating group) is 1. The molecule has 21 heavy (non-hydrogen) atoms. The van der Waals surface area contributed by atoms with Crippen LogP contribution in [0.1, 0.15) is 31.4 Å². The zero-order valence-electron chi connectivity index (χ0n) is 13.9. The Hall–Kier alpha value is -1.06. The molecule has 0 bridgehead atoms. The second-order valence-corrected chi connectivity index (χ2v) is 5.98. The molecule has 0 spiro atoms. The van der Waals surface area contributed by atoms with Crippen LogP contribution in [0.3, 0.4) is 0 Å². The molecule has 1 aromatic carbocycles. The molecule has 1 aliphatic heterocycles. The van der Waals surface area contributed by atoms with Crippen LogP contribution in [0.5, 0.6) is 5.75 Å². The van der Waals surface area contributed by atoms with E-state index in [1.165, 1.54) is 56.7 Å². The lowest BCUT2D eigenvalue weighted by Crippen LogP contribution is -2.44. The van der Waals surface area contributed by atoms with Gasteiger partial charge in [-0.3, -0.25) is 0 Å². The topological polar surface area (TPSA) is 15.7 Å². The van der Waals surface area contributed by atoms with Crippen LogP contribution >= 0.6 is 0 Å². The fraction of sp³-hybridized carbons (Fsp3) is 0.667. The molecule has 2 rings (SSSR count). The van der Waals surface area contributed by atoms with Crippen molar-refractivity contribution in [3.63, 3.8) is 0 Å². The Morgan fingerprint density at radius 2 is 1.86 bits per heavy atom. The van der Waals surface area contributed by atoms with E-state index in [0.29, 0.717) is 0 Å². The maximum atomic E-state index is 5.68. The molecule has 0 aliphatic carbocycles. The summed E-state index contributed by atoms with van der Waals surface area (Å²) < 4.78 is 5.68. The van der Waals surface area contributed by atoms with Crippen molar-refractivity contribution in [2.45, 2.75) is 33.1 Å². The standard InChI is InChI=1S/C18H30N2O/c1-4-17-15-16(8-9-18(17)21-5-2)7-6-10-20-13-11-19(3)12-14-20/h8-9,15H,4-7,10-14H2,1-3H3. The number of rotatable bonds is 7. The smallest absolute Gasteiger partial charge is 0.122 e. The van der Waals surface area contributed by atoms with Gasteiger partial charge in [0.05, 0.1) is 6.61 Å². The van der Waals surface area contributed by atoms with Gasteiger partial charge in [0.15, 0.2) is 0 Å². The van der Waals surface area contributed by atoms with Gasteiger partial charge in [-0.25, -0.2) is 0 Å². The van der Waals surface area contributed by atoms with Crippen molar-refractivity contribution in [1.82, 2.24) is 9.80 Å². The van der Waals surface area contributed by atoms with E-state index >= 15 is 0 Å². The van der Waals surface area contributed by atoms with Crippen molar-refractivity contribution in [3.05, 3.63) is 29.3 Å². The Kier molecular flexibility index (Phi) is 6.52. The van der Waals surface area contributed by atoms with Gasteiger partial charge < -0.3 is 14.5 Å². The molecule has 0 atom stereocenters. The third-order valence-corrected chi connectivity index (χ3v) is 4.34. The number of hydrogen-bond acceptors (Lipinski definition) is 3. The first-order valence-electron chi connectivity index (χ1n) is 8.38. The van der Waals surface area contributed by atoms with E-state index in [2.05, 4.69) is 42.0 Å². The van der Waals surface area contributed by atoms with Crippen molar-refractivity contribution in [3.8, 4) is 5.75 Å². The van der Waals surface area contributed by atoms with Crippen molar-refractivity contribution < 1.29 is 4.74 Å². The minimum atomic E-state index is 0.746. The monoisotopic (exact) mass is 290 g/mol. The molecule has 0 unspecified atom stereocenters. The quantitative estimate of drug-likeness (QED) is 0.768. The van der Waals surface area contributed by atoms with Crippen LogP contribution in [0.15, 0.2) is 18.2 Å². The zero-order valence-corrected chi connectivity index (χ0v) is 13.9. The first-order chi connectivity index (χ1) is 10.2. The minimum absolute atomic E-state index is 0.746. The van der Waals surface area contributed by atoms with Crippen LogP contribution in [0, 0.1) is 0 Å². The molecule has 118 valence electrons. The SMILES string of the molecule is CCOc1ccc(CCCN2CCN(C)CC2)cc1CC. The lowest BCUT2D eigenvalue weighted by atomic mass is 10.0. The predicted molar refractivity (Wildman–Crippen MR) is 89.2 cm³/mol. The lowest BCUT2D eigenvalue weighted by Gasteiger charge is -2.32. The van der Waals surface area contributed by atoms with E-state index in [1.54, 1.807) is 0 Å². The molecule has 3 nitrogen and oxygen atoms in total. The van der Waals surface area contributed by atoms with E-state index in [0.717, 1.165) is 18.8 Å². The van der Waals surface area contributed by atoms with Crippen LogP contribution in [-0.2, 0) is 12.8 Å². The van der Waals surface area contributed by atoms with Crippen LogP contribution in [0.25, 0.3) is 0 Å². The normalized spacial score (nSPS) is 17.1. The van der Waals surface area contributed by atoms with Gasteiger partial charge in [-0.05, 0) is 57.0 Å². The summed E-state index contributed by atoms with van der Waals surface area (Å²) in [5, 5.41) is 0. The highest BCUT2D eigenvalue weighted by molar-refractivity contribution is 5.37. The van der Waals surface area contributed by atoms with Crippen LogP contribution < -0.4 is 4.74 Å². The van der Waals surface area contributed by atoms with Gasteiger partial charge in [0, 0.05) is 26.2 Å². The first-order valence-corrected chi connectivity index (χ1v) is 8.38. The van der Waals surface area contributed by atoms with E-state index in [4.69, 9.17) is 4.74 Å². The first kappa shape index (κ1) is 16.3. The van der Waals surface area contributed by atoms with Crippen LogP contribution in [0.4, 0.5) is 0 Å². The van der Waals surface area contributed by atoms with Gasteiger partial charge in [-0.1, -0.05) is 19.1 Å². The van der Waals surface area contributed by atoms with Gasteiger partial charge in [-0.2, -0.15) is 0 Å². The minimum Gasteiger partial charge on any atom is -0.494 e. The molecule has 1 fully saturated rings. The van der Waals surface area contributed by atoms with Crippen molar-refractivity contribution in [2.75, 3.05) is 46.4 Å². The highest BCUT2D eigenvalue weighted by Gasteiger charge is 2.13. The van der Waals surface area contributed by atoms with Gasteiger partial charge in [0.1, 0.15) is 5.75 Å². The highest BCUT2D eigenvalue weighted by atomic mass is 16.5. The molecule has 0 aromatic heterocycles. The summed E-state index contributed by atoms with van der Waals surface area (Å²) in [5.74, 6) is 1.06. The molecule has 0 radical (unpaired) electrons. The fourth-order valence-electron chi connectivity index (χ4n) is 2.94. The molecular formula is C18H30N2O. The molecule has 1 saturated heterocycles. The highest BCUT2D eigenvalue weighted by Crippen LogP contribution is 2.21. The van der Waals surface area contributed by atoms with Crippen LogP contribution in [-0.4, -0.2) is 56.2 Å². The average Bonchev–Trinajstić information content (AvgIpc) is 2.51. The maximum Gasteiger partial charge on any atom is 0.122 e. The van der Waals surface area contributed by atoms with Gasteiger partial charge >= 0.3 is 0 Å². The second-order valence-electron chi connectivity index (χ2n) is 5.98. The van der Waals surface area contributed by atoms with E-state index in [-0.39, 0.29) is 0 Å². The fourth-order valence-corrected chi connectivity index (χ4v) is 2.94. The zero-order chi connectivity index (χ0) is 15.1. The summed E-state index contributed by atoms with van der Waals surface area (Å²) in [5.41, 5.74) is 2.79. The summed E-state index contributed by atoms with van der Waals surface area (Å²) in [6.07, 6.45) is 3.47. The number of benzene rings is 1. The summed E-state index contributed by atoms with van der Waals surface area (Å²) in [6.45, 7) is 11.1. The molecule has 1 heterocycles. The summed E-state index contributed by atoms with van der Waals surface area (Å²) >= 11 is 0. The maximum absolute atomic E-state index is 5.68. The molecule has 0 amide bonds. The van der Waals surface area contributed by atoms with Gasteiger partial charge in [0.25, 0.3) is 0 Å². The summed E-state index contributed by atoms with van der Waals surface area (Å²) in [6, 6.07) is 6.70. The largest absolute Gasteiger partial charge is 0.494 e. The van der Waals surface area contributed by atoms with Crippen LogP contribution in [0.2, 0.25) is 0 Å². The summed E-state index contributed by atoms with van der Waals surface area (Å²) in [4.78, 5) is 5.01. The number of ether oxygens (including phenoxy) is 1. The summed E-state index contributed by atoms with van der Waals surface area (Å²) in [7, 11) is 2.21. The van der Waals surface area contributed by atoms with Crippen molar-refractivity contribution in [1.29, 1.82) is 0 Å². The Morgan fingerprint density at radius 1 is 1.10 bits per heavy atom. The average molecular weight is 290 g/mol. The molecule has 1 aliphatic rings. The molecule has 0 N–H and O–H groups in total. The Morgan fingerprint density at radius 3 is 2.52 bits per heavy atom. The van der Waals surface area contributed by atoms with Gasteiger partial charge in [0.2, 0.25) is 0 Å². The number of hydrogen-bond donors (Lipinski definition) is 0. The third kappa shape index (κ3) is 5.01. The van der Waals surface area contributed by atoms with E-state index in [9.17, 15) is 0 Å². The lowest BCUT2D eigenvalue weighted by molar-refractivity contribution is 0.153. The third-order valence-electron chi connectivity index (χ3n) is 4.34. The van der Waals surface area contributed by atoms with Crippen molar-refractivity contribution in [2.24, 2.45) is 0 Å². The number of piperazine rings is 1. The Bertz CT molecular complexity index is 425. The molecule has 0 saturated carbocycles. The van der Waals surface area contributed by atoms with Crippen molar-refractivity contribution >= 4 is 0 Å². The molecule has 3 heteroatoms. The predicted octanol–water partition coefficient (Wildman–Crippen LogP) is 2.83. The number of aryl methyl sites for hydroxylation is 2. The Balaban J connectivity index is 1.80. The second kappa shape index (κ2) is 8.40. The molecular weight excluding hydrogens is 260 g/mol. The van der Waals surface area contributed by atoms with E-state index in [1.807, 2.05) is 6.92 Å². The Labute approximate surface area is 129 Å². The number of nitrogens with zero attached hydrogens (tertiary/aromatic N) is 2.